The van der Waals surface area contributed by atoms with E-state index in [0.29, 0.717) is 0 Å². The topological polar surface area (TPSA) is 0 Å². The lowest BCUT2D eigenvalue weighted by Crippen LogP contribution is -2.27. The third-order valence-electron chi connectivity index (χ3n) is 4.73. The van der Waals surface area contributed by atoms with Gasteiger partial charge in [-0.05, 0) is 41.9 Å². The Kier molecular flexibility index (Phi) is 1.41. The SMILES string of the molecule is CC1CC(C)C2(C)CC2C1C. The third-order valence-corrected chi connectivity index (χ3v) is 4.73. The van der Waals surface area contributed by atoms with Gasteiger partial charge >= 0.3 is 0 Å². The van der Waals surface area contributed by atoms with Crippen molar-refractivity contribution in [3.8, 4) is 0 Å². The van der Waals surface area contributed by atoms with Gasteiger partial charge in [-0.25, -0.2) is 0 Å². The molecule has 0 bridgehead atoms. The summed E-state index contributed by atoms with van der Waals surface area (Å²) in [6.07, 6.45) is 2.98. The van der Waals surface area contributed by atoms with Crippen LogP contribution in [0.15, 0.2) is 0 Å². The Labute approximate surface area is 70.4 Å². The first-order valence-corrected chi connectivity index (χ1v) is 5.05. The maximum Gasteiger partial charge on any atom is -0.0266 e. The van der Waals surface area contributed by atoms with E-state index in [2.05, 4.69) is 27.7 Å². The van der Waals surface area contributed by atoms with E-state index >= 15 is 0 Å². The van der Waals surface area contributed by atoms with Gasteiger partial charge < -0.3 is 0 Å². The fourth-order valence-electron chi connectivity index (χ4n) is 3.21. The van der Waals surface area contributed by atoms with Gasteiger partial charge in [0, 0.05) is 0 Å². The molecule has 2 fully saturated rings. The summed E-state index contributed by atoms with van der Waals surface area (Å²) in [7, 11) is 0. The van der Waals surface area contributed by atoms with E-state index < -0.39 is 0 Å². The normalized spacial score (nSPS) is 62.2. The summed E-state index contributed by atoms with van der Waals surface area (Å²) < 4.78 is 0. The minimum Gasteiger partial charge on any atom is -0.0622 e. The summed E-state index contributed by atoms with van der Waals surface area (Å²) in [6.45, 7) is 9.82. The van der Waals surface area contributed by atoms with Crippen molar-refractivity contribution < 1.29 is 0 Å². The zero-order valence-corrected chi connectivity index (χ0v) is 8.22. The van der Waals surface area contributed by atoms with E-state index in [1.165, 1.54) is 12.8 Å². The molecule has 2 rings (SSSR count). The number of hydrogen-bond donors (Lipinski definition) is 0. The molecule has 0 radical (unpaired) electrons. The molecular weight excluding hydrogens is 132 g/mol. The molecule has 0 spiro atoms. The van der Waals surface area contributed by atoms with Gasteiger partial charge in [0.25, 0.3) is 0 Å². The molecule has 2 saturated carbocycles. The highest BCUT2D eigenvalue weighted by atomic mass is 14.6. The second-order valence-electron chi connectivity index (χ2n) is 5.29. The Morgan fingerprint density at radius 2 is 1.82 bits per heavy atom. The van der Waals surface area contributed by atoms with Crippen LogP contribution in [0.3, 0.4) is 0 Å². The van der Waals surface area contributed by atoms with Crippen LogP contribution in [0.1, 0.15) is 40.5 Å². The standard InChI is InChI=1S/C11H20/c1-7-5-8(2)11(4)6-10(11)9(7)3/h7-10H,5-6H2,1-4H3. The summed E-state index contributed by atoms with van der Waals surface area (Å²) in [6, 6.07) is 0. The second kappa shape index (κ2) is 2.02. The molecule has 0 aromatic rings. The summed E-state index contributed by atoms with van der Waals surface area (Å²) in [5.41, 5.74) is 0.756. The van der Waals surface area contributed by atoms with Crippen LogP contribution in [0.25, 0.3) is 0 Å². The Hall–Kier alpha value is 0. The first kappa shape index (κ1) is 7.64. The maximum absolute atomic E-state index is 2.49. The van der Waals surface area contributed by atoms with Crippen LogP contribution < -0.4 is 0 Å². The van der Waals surface area contributed by atoms with Gasteiger partial charge in [-0.15, -0.1) is 0 Å². The lowest BCUT2D eigenvalue weighted by molar-refractivity contribution is 0.146. The fourth-order valence-corrected chi connectivity index (χ4v) is 3.21. The van der Waals surface area contributed by atoms with Crippen LogP contribution in [0.5, 0.6) is 0 Å². The second-order valence-corrected chi connectivity index (χ2v) is 5.29. The fraction of sp³-hybridized carbons (Fsp3) is 1.00. The van der Waals surface area contributed by atoms with Crippen LogP contribution in [0.2, 0.25) is 0 Å². The molecule has 0 aromatic carbocycles. The Morgan fingerprint density at radius 1 is 1.18 bits per heavy atom. The van der Waals surface area contributed by atoms with Crippen molar-refractivity contribution >= 4 is 0 Å². The Balaban J connectivity index is 2.15. The minimum atomic E-state index is 0.756. The van der Waals surface area contributed by atoms with Crippen LogP contribution in [0.4, 0.5) is 0 Å². The van der Waals surface area contributed by atoms with Gasteiger partial charge in [0.15, 0.2) is 0 Å². The summed E-state index contributed by atoms with van der Waals surface area (Å²) in [5, 5.41) is 0. The van der Waals surface area contributed by atoms with Crippen molar-refractivity contribution in [1.82, 2.24) is 0 Å². The van der Waals surface area contributed by atoms with Crippen molar-refractivity contribution in [3.63, 3.8) is 0 Å². The van der Waals surface area contributed by atoms with Gasteiger partial charge in [0.1, 0.15) is 0 Å². The number of hydrogen-bond acceptors (Lipinski definition) is 0. The highest BCUT2D eigenvalue weighted by Gasteiger charge is 2.59. The summed E-state index contributed by atoms with van der Waals surface area (Å²) >= 11 is 0. The van der Waals surface area contributed by atoms with Gasteiger partial charge in [0.05, 0.1) is 0 Å². The van der Waals surface area contributed by atoms with Crippen molar-refractivity contribution in [2.75, 3.05) is 0 Å². The Bertz CT molecular complexity index is 173. The van der Waals surface area contributed by atoms with Crippen molar-refractivity contribution in [3.05, 3.63) is 0 Å². The van der Waals surface area contributed by atoms with Crippen LogP contribution in [0, 0.1) is 29.1 Å². The van der Waals surface area contributed by atoms with E-state index in [0.717, 1.165) is 29.1 Å². The lowest BCUT2D eigenvalue weighted by Gasteiger charge is -2.34. The molecule has 0 aliphatic heterocycles. The average Bonchev–Trinajstić information content (AvgIpc) is 2.60. The zero-order valence-electron chi connectivity index (χ0n) is 8.22. The highest BCUT2D eigenvalue weighted by Crippen LogP contribution is 2.66. The van der Waals surface area contributed by atoms with E-state index in [1.54, 1.807) is 0 Å². The van der Waals surface area contributed by atoms with Crippen molar-refractivity contribution in [2.24, 2.45) is 29.1 Å². The van der Waals surface area contributed by atoms with E-state index in [4.69, 9.17) is 0 Å². The molecule has 0 saturated heterocycles. The predicted octanol–water partition coefficient (Wildman–Crippen LogP) is 3.32. The zero-order chi connectivity index (χ0) is 8.22. The monoisotopic (exact) mass is 152 g/mol. The molecule has 0 N–H and O–H groups in total. The first-order chi connectivity index (χ1) is 5.05. The van der Waals surface area contributed by atoms with Crippen LogP contribution >= 0.6 is 0 Å². The van der Waals surface area contributed by atoms with Crippen LogP contribution in [-0.2, 0) is 0 Å². The minimum absolute atomic E-state index is 0.756. The molecule has 5 atom stereocenters. The molecule has 5 unspecified atom stereocenters. The van der Waals surface area contributed by atoms with Gasteiger partial charge in [0.2, 0.25) is 0 Å². The molecule has 0 heterocycles. The first-order valence-electron chi connectivity index (χ1n) is 5.05. The lowest BCUT2D eigenvalue weighted by atomic mass is 9.71. The molecule has 0 amide bonds. The smallest absolute Gasteiger partial charge is 0.0266 e. The van der Waals surface area contributed by atoms with Crippen LogP contribution in [-0.4, -0.2) is 0 Å². The molecule has 0 aromatic heterocycles. The Morgan fingerprint density at radius 3 is 2.45 bits per heavy atom. The highest BCUT2D eigenvalue weighted by molar-refractivity contribution is 5.08. The molecule has 2 aliphatic carbocycles. The molecule has 0 nitrogen and oxygen atoms in total. The van der Waals surface area contributed by atoms with E-state index in [9.17, 15) is 0 Å². The maximum atomic E-state index is 2.49. The quantitative estimate of drug-likeness (QED) is 0.499. The number of rotatable bonds is 0. The largest absolute Gasteiger partial charge is 0.0622 e. The van der Waals surface area contributed by atoms with E-state index in [-0.39, 0.29) is 0 Å². The molecule has 0 heteroatoms. The summed E-state index contributed by atoms with van der Waals surface area (Å²) in [4.78, 5) is 0. The molecule has 2 aliphatic rings. The van der Waals surface area contributed by atoms with Crippen molar-refractivity contribution in [1.29, 1.82) is 0 Å². The van der Waals surface area contributed by atoms with Crippen molar-refractivity contribution in [2.45, 2.75) is 40.5 Å². The van der Waals surface area contributed by atoms with Gasteiger partial charge in [-0.1, -0.05) is 27.7 Å². The summed E-state index contributed by atoms with van der Waals surface area (Å²) in [5.74, 6) is 4.03. The average molecular weight is 152 g/mol. The van der Waals surface area contributed by atoms with Gasteiger partial charge in [-0.3, -0.25) is 0 Å². The van der Waals surface area contributed by atoms with Gasteiger partial charge in [-0.2, -0.15) is 0 Å². The molecule has 64 valence electrons. The van der Waals surface area contributed by atoms with E-state index in [1.807, 2.05) is 0 Å². The number of fused-ring (bicyclic) bond motifs is 1. The molecule has 11 heavy (non-hydrogen) atoms. The third kappa shape index (κ3) is 0.878. The predicted molar refractivity (Wildman–Crippen MR) is 48.3 cm³/mol. The molecular formula is C11H20.